The quantitative estimate of drug-likeness (QED) is 0.0261. The molecular formula is C74H142O6. The average molecular weight is 1130 g/mol. The molecule has 0 aliphatic heterocycles. The van der Waals surface area contributed by atoms with E-state index in [-0.39, 0.29) is 31.1 Å². The van der Waals surface area contributed by atoms with Gasteiger partial charge >= 0.3 is 17.9 Å². The number of unbranched alkanes of at least 4 members (excludes halogenated alkanes) is 56. The Morgan fingerprint density at radius 2 is 0.412 bits per heavy atom. The molecule has 1 unspecified atom stereocenters. The first kappa shape index (κ1) is 78.1. The molecule has 0 radical (unpaired) electrons. The molecule has 0 fully saturated rings. The van der Waals surface area contributed by atoms with Crippen LogP contribution in [0.15, 0.2) is 12.2 Å². The Hall–Kier alpha value is -1.85. The highest BCUT2D eigenvalue weighted by Crippen LogP contribution is 2.19. The zero-order chi connectivity index (χ0) is 57.8. The van der Waals surface area contributed by atoms with Crippen molar-refractivity contribution in [2.75, 3.05) is 13.2 Å². The smallest absolute Gasteiger partial charge is 0.306 e. The first-order valence-corrected chi connectivity index (χ1v) is 36.7. The predicted octanol–water partition coefficient (Wildman–Crippen LogP) is 25.2. The number of carbonyl (C=O) groups is 3. The second-order valence-electron chi connectivity index (χ2n) is 25.2. The fourth-order valence-electron chi connectivity index (χ4n) is 11.5. The normalized spacial score (nSPS) is 12.0. The van der Waals surface area contributed by atoms with Gasteiger partial charge in [-0.05, 0) is 44.9 Å². The molecule has 474 valence electrons. The monoisotopic (exact) mass is 1130 g/mol. The van der Waals surface area contributed by atoms with Gasteiger partial charge in [0.2, 0.25) is 0 Å². The third-order valence-corrected chi connectivity index (χ3v) is 17.0. The van der Waals surface area contributed by atoms with Crippen molar-refractivity contribution in [1.82, 2.24) is 0 Å². The van der Waals surface area contributed by atoms with Crippen molar-refractivity contribution in [3.8, 4) is 0 Å². The van der Waals surface area contributed by atoms with Crippen LogP contribution in [-0.4, -0.2) is 37.2 Å². The van der Waals surface area contributed by atoms with Crippen LogP contribution in [0.5, 0.6) is 0 Å². The fraction of sp³-hybridized carbons (Fsp3) is 0.932. The Morgan fingerprint density at radius 3 is 0.625 bits per heavy atom. The van der Waals surface area contributed by atoms with Crippen LogP contribution < -0.4 is 0 Å². The fourth-order valence-corrected chi connectivity index (χ4v) is 11.5. The molecule has 0 aromatic heterocycles. The van der Waals surface area contributed by atoms with Gasteiger partial charge in [-0.15, -0.1) is 0 Å². The Labute approximate surface area is 501 Å². The number of ether oxygens (including phenoxy) is 3. The van der Waals surface area contributed by atoms with E-state index in [1.807, 2.05) is 0 Å². The Balaban J connectivity index is 4.00. The Morgan fingerprint density at radius 1 is 0.237 bits per heavy atom. The number of esters is 3. The zero-order valence-electron chi connectivity index (χ0n) is 54.6. The maximum Gasteiger partial charge on any atom is 0.306 e. The first-order chi connectivity index (χ1) is 39.5. The number of hydrogen-bond acceptors (Lipinski definition) is 6. The molecule has 0 bridgehead atoms. The van der Waals surface area contributed by atoms with Gasteiger partial charge in [0.1, 0.15) is 13.2 Å². The van der Waals surface area contributed by atoms with Gasteiger partial charge in [-0.3, -0.25) is 14.4 Å². The highest BCUT2D eigenvalue weighted by Gasteiger charge is 2.20. The molecular weight excluding hydrogens is 985 g/mol. The van der Waals surface area contributed by atoms with Crippen LogP contribution in [-0.2, 0) is 28.6 Å². The van der Waals surface area contributed by atoms with E-state index >= 15 is 0 Å². The topological polar surface area (TPSA) is 78.9 Å². The minimum absolute atomic E-state index is 0.0617. The SMILES string of the molecule is CCCCCCCCCC/C=C\CCCCCCCCCCCCCCCCCCCCCCCCCC(=O)OCC(COC(=O)CCCCCCCCCCCCCC)OC(=O)CCCCCCCCCCCCCCCCC. The number of allylic oxidation sites excluding steroid dienone is 2. The summed E-state index contributed by atoms with van der Waals surface area (Å²) < 4.78 is 17.0. The molecule has 0 aromatic carbocycles. The van der Waals surface area contributed by atoms with Gasteiger partial charge in [0.05, 0.1) is 0 Å². The maximum atomic E-state index is 12.9. The van der Waals surface area contributed by atoms with E-state index in [0.717, 1.165) is 57.8 Å². The molecule has 0 spiro atoms. The lowest BCUT2D eigenvalue weighted by Gasteiger charge is -2.18. The van der Waals surface area contributed by atoms with E-state index < -0.39 is 6.10 Å². The molecule has 0 aliphatic rings. The summed E-state index contributed by atoms with van der Waals surface area (Å²) in [6.07, 6.45) is 84.2. The van der Waals surface area contributed by atoms with E-state index in [2.05, 4.69) is 32.9 Å². The van der Waals surface area contributed by atoms with Crippen LogP contribution in [0.4, 0.5) is 0 Å². The lowest BCUT2D eigenvalue weighted by atomic mass is 10.0. The molecule has 80 heavy (non-hydrogen) atoms. The highest BCUT2D eigenvalue weighted by atomic mass is 16.6. The van der Waals surface area contributed by atoms with E-state index in [0.29, 0.717) is 19.3 Å². The van der Waals surface area contributed by atoms with Crippen molar-refractivity contribution in [3.63, 3.8) is 0 Å². The minimum atomic E-state index is -0.763. The van der Waals surface area contributed by atoms with Crippen molar-refractivity contribution in [3.05, 3.63) is 12.2 Å². The molecule has 0 saturated carbocycles. The third kappa shape index (κ3) is 66.9. The van der Waals surface area contributed by atoms with Gasteiger partial charge in [-0.2, -0.15) is 0 Å². The van der Waals surface area contributed by atoms with E-state index in [4.69, 9.17) is 14.2 Å². The zero-order valence-corrected chi connectivity index (χ0v) is 54.6. The van der Waals surface area contributed by atoms with Gasteiger partial charge in [-0.1, -0.05) is 373 Å². The molecule has 0 aliphatic carbocycles. The number of rotatable bonds is 69. The summed E-state index contributed by atoms with van der Waals surface area (Å²) in [7, 11) is 0. The first-order valence-electron chi connectivity index (χ1n) is 36.7. The van der Waals surface area contributed by atoms with Crippen molar-refractivity contribution < 1.29 is 28.6 Å². The van der Waals surface area contributed by atoms with Crippen LogP contribution in [0, 0.1) is 0 Å². The summed E-state index contributed by atoms with van der Waals surface area (Å²) in [5, 5.41) is 0. The predicted molar refractivity (Wildman–Crippen MR) is 349 cm³/mol. The summed E-state index contributed by atoms with van der Waals surface area (Å²) in [5.41, 5.74) is 0. The van der Waals surface area contributed by atoms with Crippen LogP contribution in [0.25, 0.3) is 0 Å². The Kier molecular flexibility index (Phi) is 68.0. The van der Waals surface area contributed by atoms with Crippen LogP contribution in [0.3, 0.4) is 0 Å². The molecule has 0 rings (SSSR count). The van der Waals surface area contributed by atoms with E-state index in [1.54, 1.807) is 0 Å². The lowest BCUT2D eigenvalue weighted by Crippen LogP contribution is -2.30. The summed E-state index contributed by atoms with van der Waals surface area (Å²) in [4.78, 5) is 38.3. The molecule has 0 N–H and O–H groups in total. The Bertz CT molecular complexity index is 1250. The summed E-state index contributed by atoms with van der Waals surface area (Å²) in [6.45, 7) is 6.72. The summed E-state index contributed by atoms with van der Waals surface area (Å²) in [6, 6.07) is 0. The minimum Gasteiger partial charge on any atom is -0.462 e. The largest absolute Gasteiger partial charge is 0.462 e. The molecule has 6 heteroatoms. The molecule has 0 saturated heterocycles. The number of carbonyl (C=O) groups excluding carboxylic acids is 3. The number of hydrogen-bond donors (Lipinski definition) is 0. The molecule has 0 aromatic rings. The van der Waals surface area contributed by atoms with Crippen molar-refractivity contribution >= 4 is 17.9 Å². The molecule has 0 heterocycles. The van der Waals surface area contributed by atoms with Gasteiger partial charge in [0, 0.05) is 19.3 Å². The van der Waals surface area contributed by atoms with E-state index in [9.17, 15) is 14.4 Å². The maximum absolute atomic E-state index is 12.9. The van der Waals surface area contributed by atoms with Crippen molar-refractivity contribution in [2.24, 2.45) is 0 Å². The van der Waals surface area contributed by atoms with Gasteiger partial charge in [-0.25, -0.2) is 0 Å². The standard InChI is InChI=1S/C74H142O6/c1-4-7-10-13-16-19-22-25-27-28-29-30-31-32-33-34-35-36-37-38-39-40-41-42-43-44-45-46-48-49-52-55-58-61-64-67-73(76)79-70-71(69-78-72(75)66-63-60-57-54-51-24-21-18-15-12-9-6-3)80-74(77)68-65-62-59-56-53-50-47-26-23-20-17-14-11-8-5-2/h28-29,71H,4-27,30-70H2,1-3H3/b29-28-. The van der Waals surface area contributed by atoms with E-state index in [1.165, 1.54) is 327 Å². The van der Waals surface area contributed by atoms with Crippen molar-refractivity contribution in [2.45, 2.75) is 431 Å². The average Bonchev–Trinajstić information content (AvgIpc) is 3.46. The van der Waals surface area contributed by atoms with Gasteiger partial charge in [0.15, 0.2) is 6.10 Å². The lowest BCUT2D eigenvalue weighted by molar-refractivity contribution is -0.167. The van der Waals surface area contributed by atoms with Gasteiger partial charge in [0.25, 0.3) is 0 Å². The van der Waals surface area contributed by atoms with Gasteiger partial charge < -0.3 is 14.2 Å². The van der Waals surface area contributed by atoms with Crippen LogP contribution in [0.2, 0.25) is 0 Å². The molecule has 6 nitrogen and oxygen atoms in total. The third-order valence-electron chi connectivity index (χ3n) is 17.0. The molecule has 1 atom stereocenters. The van der Waals surface area contributed by atoms with Crippen LogP contribution >= 0.6 is 0 Å². The summed E-state index contributed by atoms with van der Waals surface area (Å²) in [5.74, 6) is -0.827. The second kappa shape index (κ2) is 69.6. The molecule has 0 amide bonds. The summed E-state index contributed by atoms with van der Waals surface area (Å²) >= 11 is 0. The van der Waals surface area contributed by atoms with Crippen molar-refractivity contribution in [1.29, 1.82) is 0 Å². The second-order valence-corrected chi connectivity index (χ2v) is 25.2. The highest BCUT2D eigenvalue weighted by molar-refractivity contribution is 5.71. The van der Waals surface area contributed by atoms with Crippen LogP contribution in [0.1, 0.15) is 425 Å².